The SMILES string of the molecule is O=C1C[C@H](c2ccc(F)cc2)CC2=C1[C@H](c1cccnc1)n1ncnc1N2. The topological polar surface area (TPSA) is 72.7 Å². The van der Waals surface area contributed by atoms with Crippen molar-refractivity contribution in [1.29, 1.82) is 0 Å². The van der Waals surface area contributed by atoms with E-state index in [1.807, 2.05) is 12.1 Å². The summed E-state index contributed by atoms with van der Waals surface area (Å²) >= 11 is 0. The molecule has 1 aliphatic carbocycles. The van der Waals surface area contributed by atoms with Crippen molar-refractivity contribution in [3.8, 4) is 0 Å². The summed E-state index contributed by atoms with van der Waals surface area (Å²) in [5, 5.41) is 7.59. The number of nitrogens with one attached hydrogen (secondary N) is 1. The highest BCUT2D eigenvalue weighted by molar-refractivity contribution is 6.00. The number of carbonyl (C=O) groups is 1. The van der Waals surface area contributed by atoms with Gasteiger partial charge in [-0.3, -0.25) is 9.78 Å². The predicted molar refractivity (Wildman–Crippen MR) is 96.4 cm³/mol. The largest absolute Gasteiger partial charge is 0.328 e. The van der Waals surface area contributed by atoms with E-state index in [1.165, 1.54) is 18.5 Å². The van der Waals surface area contributed by atoms with E-state index in [4.69, 9.17) is 0 Å². The summed E-state index contributed by atoms with van der Waals surface area (Å²) in [4.78, 5) is 21.6. The summed E-state index contributed by atoms with van der Waals surface area (Å²) in [7, 11) is 0. The van der Waals surface area contributed by atoms with E-state index < -0.39 is 0 Å². The molecule has 7 heteroatoms. The van der Waals surface area contributed by atoms with Gasteiger partial charge in [0.2, 0.25) is 5.95 Å². The van der Waals surface area contributed by atoms with Crippen molar-refractivity contribution in [1.82, 2.24) is 19.7 Å². The first kappa shape index (κ1) is 15.9. The molecule has 0 saturated heterocycles. The van der Waals surface area contributed by atoms with Crippen molar-refractivity contribution < 1.29 is 9.18 Å². The molecule has 0 unspecified atom stereocenters. The average molecular weight is 361 g/mol. The number of carbonyl (C=O) groups excluding carboxylic acids is 1. The van der Waals surface area contributed by atoms with Crippen molar-refractivity contribution in [2.45, 2.75) is 24.8 Å². The zero-order valence-electron chi connectivity index (χ0n) is 14.3. The molecule has 6 nitrogen and oxygen atoms in total. The molecular weight excluding hydrogens is 345 g/mol. The van der Waals surface area contributed by atoms with Crippen LogP contribution in [0, 0.1) is 5.82 Å². The third-order valence-electron chi connectivity index (χ3n) is 5.20. The van der Waals surface area contributed by atoms with Crippen molar-refractivity contribution in [2.24, 2.45) is 0 Å². The van der Waals surface area contributed by atoms with Crippen LogP contribution < -0.4 is 5.32 Å². The Kier molecular flexibility index (Phi) is 3.60. The van der Waals surface area contributed by atoms with Gasteiger partial charge in [-0.05, 0) is 41.7 Å². The highest BCUT2D eigenvalue weighted by Crippen LogP contribution is 2.43. The number of hydrogen-bond donors (Lipinski definition) is 1. The van der Waals surface area contributed by atoms with Crippen LogP contribution in [0.2, 0.25) is 0 Å². The Bertz CT molecular complexity index is 1040. The fourth-order valence-corrected chi connectivity index (χ4v) is 3.97. The lowest BCUT2D eigenvalue weighted by Gasteiger charge is -2.35. The molecule has 5 rings (SSSR count). The van der Waals surface area contributed by atoms with Gasteiger partial charge in [0.05, 0.1) is 0 Å². The second-order valence-corrected chi connectivity index (χ2v) is 6.81. The molecular formula is C20H16FN5O. The van der Waals surface area contributed by atoms with Crippen LogP contribution in [0.4, 0.5) is 10.3 Å². The summed E-state index contributed by atoms with van der Waals surface area (Å²) in [5.41, 5.74) is 3.42. The molecule has 0 bridgehead atoms. The summed E-state index contributed by atoms with van der Waals surface area (Å²) in [6.45, 7) is 0. The third kappa shape index (κ3) is 2.63. The first-order chi connectivity index (χ1) is 13.2. The van der Waals surface area contributed by atoms with Crippen LogP contribution in [0.1, 0.15) is 35.9 Å². The van der Waals surface area contributed by atoms with Gasteiger partial charge in [-0.2, -0.15) is 10.1 Å². The van der Waals surface area contributed by atoms with Crippen molar-refractivity contribution >= 4 is 11.7 Å². The van der Waals surface area contributed by atoms with E-state index in [9.17, 15) is 9.18 Å². The van der Waals surface area contributed by atoms with Gasteiger partial charge in [-0.25, -0.2) is 9.07 Å². The quantitative estimate of drug-likeness (QED) is 0.759. The monoisotopic (exact) mass is 361 g/mol. The number of anilines is 1. The molecule has 0 fully saturated rings. The maximum absolute atomic E-state index is 13.3. The molecule has 2 aromatic heterocycles. The summed E-state index contributed by atoms with van der Waals surface area (Å²) in [5.74, 6) is 0.401. The van der Waals surface area contributed by atoms with Crippen molar-refractivity contribution in [2.75, 3.05) is 5.32 Å². The number of hydrogen-bond acceptors (Lipinski definition) is 5. The van der Waals surface area contributed by atoms with Gasteiger partial charge in [-0.15, -0.1) is 0 Å². The number of halogens is 1. The molecule has 0 spiro atoms. The maximum Gasteiger partial charge on any atom is 0.226 e. The zero-order valence-corrected chi connectivity index (χ0v) is 14.3. The molecule has 27 heavy (non-hydrogen) atoms. The summed E-state index contributed by atoms with van der Waals surface area (Å²) < 4.78 is 15.0. The highest BCUT2D eigenvalue weighted by Gasteiger charge is 2.39. The molecule has 134 valence electrons. The molecule has 1 aliphatic heterocycles. The first-order valence-electron chi connectivity index (χ1n) is 8.79. The lowest BCUT2D eigenvalue weighted by atomic mass is 9.78. The van der Waals surface area contributed by atoms with Gasteiger partial charge in [0.25, 0.3) is 0 Å². The van der Waals surface area contributed by atoms with Crippen LogP contribution in [0.25, 0.3) is 0 Å². The number of benzene rings is 1. The van der Waals surface area contributed by atoms with E-state index in [0.717, 1.165) is 16.8 Å². The van der Waals surface area contributed by atoms with Gasteiger partial charge in [0.15, 0.2) is 5.78 Å². The van der Waals surface area contributed by atoms with Gasteiger partial charge in [0, 0.05) is 30.1 Å². The van der Waals surface area contributed by atoms with Crippen molar-refractivity contribution in [3.05, 3.63) is 83.3 Å². The Morgan fingerprint density at radius 3 is 2.74 bits per heavy atom. The number of fused-ring (bicyclic) bond motifs is 1. The molecule has 2 aliphatic rings. The lowest BCUT2D eigenvalue weighted by molar-refractivity contribution is -0.116. The number of allylic oxidation sites excluding steroid dienone is 2. The van der Waals surface area contributed by atoms with E-state index in [-0.39, 0.29) is 23.6 Å². The number of Topliss-reactive ketones (excluding diaryl/α,β-unsaturated/α-hetero) is 1. The smallest absolute Gasteiger partial charge is 0.226 e. The number of pyridine rings is 1. The standard InChI is InChI=1S/C20H16FN5O/c21-15-5-3-12(4-6-15)14-8-16-18(17(27)9-14)19(13-2-1-7-22-10-13)26-20(25-16)23-11-24-26/h1-7,10-11,14,19H,8-9H2,(H,23,24,25)/t14-,19+/m1/s1. The van der Waals surface area contributed by atoms with Crippen LogP contribution in [0.15, 0.2) is 66.4 Å². The normalized spacial score (nSPS) is 21.4. The summed E-state index contributed by atoms with van der Waals surface area (Å²) in [6, 6.07) is 9.83. The minimum Gasteiger partial charge on any atom is -0.328 e. The van der Waals surface area contributed by atoms with Gasteiger partial charge in [-0.1, -0.05) is 18.2 Å². The van der Waals surface area contributed by atoms with Crippen LogP contribution in [-0.4, -0.2) is 25.5 Å². The third-order valence-corrected chi connectivity index (χ3v) is 5.20. The van der Waals surface area contributed by atoms with Gasteiger partial charge < -0.3 is 5.32 Å². The van der Waals surface area contributed by atoms with Crippen LogP contribution in [0.3, 0.4) is 0 Å². The lowest BCUT2D eigenvalue weighted by Crippen LogP contribution is -2.33. The van der Waals surface area contributed by atoms with E-state index >= 15 is 0 Å². The van der Waals surface area contributed by atoms with Crippen LogP contribution >= 0.6 is 0 Å². The minimum absolute atomic E-state index is 0.00775. The Balaban J connectivity index is 1.58. The Labute approximate surface area is 154 Å². The molecule has 3 aromatic rings. The first-order valence-corrected chi connectivity index (χ1v) is 8.79. The van der Waals surface area contributed by atoms with Crippen molar-refractivity contribution in [3.63, 3.8) is 0 Å². The maximum atomic E-state index is 13.3. The number of ketones is 1. The second kappa shape index (κ2) is 6.12. The average Bonchev–Trinajstić information content (AvgIpc) is 3.15. The Morgan fingerprint density at radius 1 is 1.11 bits per heavy atom. The van der Waals surface area contributed by atoms with Gasteiger partial charge >= 0.3 is 0 Å². The molecule has 1 N–H and O–H groups in total. The zero-order chi connectivity index (χ0) is 18.4. The molecule has 1 aromatic carbocycles. The minimum atomic E-state index is -0.339. The fourth-order valence-electron chi connectivity index (χ4n) is 3.97. The van der Waals surface area contributed by atoms with E-state index in [1.54, 1.807) is 29.2 Å². The molecule has 0 radical (unpaired) electrons. The van der Waals surface area contributed by atoms with Crippen LogP contribution in [-0.2, 0) is 4.79 Å². The van der Waals surface area contributed by atoms with E-state index in [2.05, 4.69) is 20.4 Å². The molecule has 2 atom stereocenters. The number of aromatic nitrogens is 4. The van der Waals surface area contributed by atoms with Crippen LogP contribution in [0.5, 0.6) is 0 Å². The number of rotatable bonds is 2. The molecule has 0 saturated carbocycles. The van der Waals surface area contributed by atoms with E-state index in [0.29, 0.717) is 24.4 Å². The Morgan fingerprint density at radius 2 is 1.96 bits per heavy atom. The molecule has 0 amide bonds. The molecule has 3 heterocycles. The van der Waals surface area contributed by atoms with Gasteiger partial charge in [0.1, 0.15) is 18.2 Å². The predicted octanol–water partition coefficient (Wildman–Crippen LogP) is 3.23. The summed E-state index contributed by atoms with van der Waals surface area (Å²) in [6.07, 6.45) is 5.98. The number of nitrogens with zero attached hydrogens (tertiary/aromatic N) is 4. The second-order valence-electron chi connectivity index (χ2n) is 6.81. The Hall–Kier alpha value is -3.35. The highest BCUT2D eigenvalue weighted by atomic mass is 19.1. The fraction of sp³-hybridized carbons (Fsp3) is 0.200.